The van der Waals surface area contributed by atoms with Gasteiger partial charge in [0, 0.05) is 30.7 Å². The third-order valence-corrected chi connectivity index (χ3v) is 5.39. The molecule has 0 saturated carbocycles. The number of hydrogen-bond donors (Lipinski definition) is 1. The maximum atomic E-state index is 4.56. The van der Waals surface area contributed by atoms with Crippen LogP contribution in [-0.2, 0) is 0 Å². The third-order valence-electron chi connectivity index (χ3n) is 3.38. The van der Waals surface area contributed by atoms with E-state index in [9.17, 15) is 0 Å². The number of likely N-dealkylation sites (N-methyl/N-ethyl adjacent to an activating group) is 1. The van der Waals surface area contributed by atoms with Gasteiger partial charge in [-0.2, -0.15) is 0 Å². The molecule has 2 aromatic rings. The Bertz CT molecular complexity index is 687. The summed E-state index contributed by atoms with van der Waals surface area (Å²) >= 11 is 3.44. The number of fused-ring (bicyclic) bond motifs is 1. The Labute approximate surface area is 127 Å². The van der Waals surface area contributed by atoms with Gasteiger partial charge in [-0.3, -0.25) is 0 Å². The number of thiazole rings is 1. The second kappa shape index (κ2) is 5.50. The topological polar surface area (TPSA) is 28.2 Å². The summed E-state index contributed by atoms with van der Waals surface area (Å²) < 4.78 is 2.34. The largest absolute Gasteiger partial charge is 0.374 e. The molecule has 5 heteroatoms. The second-order valence-corrected chi connectivity index (χ2v) is 6.92. The number of hydrogen-bond acceptors (Lipinski definition) is 5. The SMILES string of the molecule is CSc1nc2ccc(NC3=CC(C)N(C)C=C3)cc2s1. The Hall–Kier alpha value is -1.46. The maximum Gasteiger partial charge on any atom is 0.150 e. The van der Waals surface area contributed by atoms with Crippen LogP contribution in [0.1, 0.15) is 6.92 Å². The van der Waals surface area contributed by atoms with E-state index >= 15 is 0 Å². The molecule has 1 aliphatic rings. The van der Waals surface area contributed by atoms with Gasteiger partial charge in [0.15, 0.2) is 4.34 Å². The molecular formula is C15H17N3S2. The highest BCUT2D eigenvalue weighted by Gasteiger charge is 2.09. The van der Waals surface area contributed by atoms with Gasteiger partial charge < -0.3 is 10.2 Å². The van der Waals surface area contributed by atoms with Crippen molar-refractivity contribution in [2.75, 3.05) is 18.6 Å². The fourth-order valence-electron chi connectivity index (χ4n) is 2.09. The first-order valence-electron chi connectivity index (χ1n) is 6.49. The van der Waals surface area contributed by atoms with Gasteiger partial charge in [-0.25, -0.2) is 4.98 Å². The maximum absolute atomic E-state index is 4.56. The molecule has 3 nitrogen and oxygen atoms in total. The van der Waals surface area contributed by atoms with Gasteiger partial charge in [-0.1, -0.05) is 11.8 Å². The monoisotopic (exact) mass is 303 g/mol. The van der Waals surface area contributed by atoms with Crippen LogP contribution in [0, 0.1) is 0 Å². The molecule has 1 aliphatic heterocycles. The van der Waals surface area contributed by atoms with Crippen LogP contribution >= 0.6 is 23.1 Å². The van der Waals surface area contributed by atoms with E-state index in [2.05, 4.69) is 72.0 Å². The standard InChI is InChI=1S/C15H17N3S2/c1-10-8-12(6-7-18(10)2)16-11-4-5-13-14(9-11)20-15(17-13)19-3/h4-10,16H,1-3H3. The summed E-state index contributed by atoms with van der Waals surface area (Å²) in [5.41, 5.74) is 3.33. The molecule has 0 saturated heterocycles. The fourth-order valence-corrected chi connectivity index (χ4v) is 3.61. The second-order valence-electron chi connectivity index (χ2n) is 4.84. The minimum atomic E-state index is 0.415. The molecule has 1 aromatic carbocycles. The highest BCUT2D eigenvalue weighted by molar-refractivity contribution is 8.00. The molecule has 104 valence electrons. The molecule has 0 bridgehead atoms. The third kappa shape index (κ3) is 2.69. The number of nitrogens with zero attached hydrogens (tertiary/aromatic N) is 2. The lowest BCUT2D eigenvalue weighted by atomic mass is 10.2. The Morgan fingerprint density at radius 3 is 3.00 bits per heavy atom. The predicted molar refractivity (Wildman–Crippen MR) is 89.5 cm³/mol. The Balaban J connectivity index is 1.84. The molecule has 1 unspecified atom stereocenters. The van der Waals surface area contributed by atoms with Crippen molar-refractivity contribution in [3.05, 3.63) is 42.2 Å². The molecule has 0 fully saturated rings. The molecular weight excluding hydrogens is 286 g/mol. The van der Waals surface area contributed by atoms with Crippen molar-refractivity contribution < 1.29 is 0 Å². The number of rotatable bonds is 3. The van der Waals surface area contributed by atoms with Gasteiger partial charge in [0.2, 0.25) is 0 Å². The van der Waals surface area contributed by atoms with E-state index in [4.69, 9.17) is 0 Å². The van der Waals surface area contributed by atoms with Crippen molar-refractivity contribution in [1.82, 2.24) is 9.88 Å². The van der Waals surface area contributed by atoms with Crippen molar-refractivity contribution in [3.8, 4) is 0 Å². The van der Waals surface area contributed by atoms with Gasteiger partial charge >= 0.3 is 0 Å². The highest BCUT2D eigenvalue weighted by Crippen LogP contribution is 2.30. The molecule has 0 amide bonds. The summed E-state index contributed by atoms with van der Waals surface area (Å²) in [7, 11) is 2.09. The first-order chi connectivity index (χ1) is 9.65. The van der Waals surface area contributed by atoms with Crippen molar-refractivity contribution in [1.29, 1.82) is 0 Å². The van der Waals surface area contributed by atoms with Crippen LogP contribution in [0.4, 0.5) is 5.69 Å². The van der Waals surface area contributed by atoms with E-state index in [1.165, 1.54) is 4.70 Å². The quantitative estimate of drug-likeness (QED) is 0.862. The molecule has 1 N–H and O–H groups in total. The lowest BCUT2D eigenvalue weighted by Gasteiger charge is -2.25. The lowest BCUT2D eigenvalue weighted by Crippen LogP contribution is -2.25. The van der Waals surface area contributed by atoms with Crippen LogP contribution in [0.2, 0.25) is 0 Å². The van der Waals surface area contributed by atoms with Crippen LogP contribution in [0.25, 0.3) is 10.2 Å². The predicted octanol–water partition coefficient (Wildman–Crippen LogP) is 4.16. The zero-order valence-corrected chi connectivity index (χ0v) is 13.4. The number of anilines is 1. The molecule has 20 heavy (non-hydrogen) atoms. The van der Waals surface area contributed by atoms with Gasteiger partial charge in [0.1, 0.15) is 0 Å². The summed E-state index contributed by atoms with van der Waals surface area (Å²) in [6.45, 7) is 2.18. The van der Waals surface area contributed by atoms with Crippen LogP contribution < -0.4 is 5.32 Å². The number of nitrogens with one attached hydrogen (secondary N) is 1. The minimum Gasteiger partial charge on any atom is -0.374 e. The van der Waals surface area contributed by atoms with Crippen LogP contribution in [0.15, 0.2) is 46.6 Å². The van der Waals surface area contributed by atoms with E-state index in [1.807, 2.05) is 0 Å². The van der Waals surface area contributed by atoms with Crippen LogP contribution in [0.3, 0.4) is 0 Å². The summed E-state index contributed by atoms with van der Waals surface area (Å²) in [6.07, 6.45) is 8.49. The van der Waals surface area contributed by atoms with E-state index in [0.717, 1.165) is 21.2 Å². The smallest absolute Gasteiger partial charge is 0.150 e. The van der Waals surface area contributed by atoms with Crippen molar-refractivity contribution in [2.45, 2.75) is 17.3 Å². The Morgan fingerprint density at radius 2 is 2.25 bits per heavy atom. The Morgan fingerprint density at radius 1 is 1.40 bits per heavy atom. The van der Waals surface area contributed by atoms with Gasteiger partial charge in [0.25, 0.3) is 0 Å². The fraction of sp³-hybridized carbons (Fsp3) is 0.267. The average Bonchev–Trinajstić information content (AvgIpc) is 2.85. The molecule has 3 rings (SSSR count). The molecule has 0 aliphatic carbocycles. The van der Waals surface area contributed by atoms with Crippen LogP contribution in [0.5, 0.6) is 0 Å². The summed E-state index contributed by atoms with van der Waals surface area (Å²) in [5, 5.41) is 3.47. The summed E-state index contributed by atoms with van der Waals surface area (Å²) in [4.78, 5) is 6.74. The van der Waals surface area contributed by atoms with E-state index in [0.29, 0.717) is 6.04 Å². The van der Waals surface area contributed by atoms with Gasteiger partial charge in [-0.15, -0.1) is 11.3 Å². The number of allylic oxidation sites excluding steroid dienone is 1. The number of aromatic nitrogens is 1. The molecule has 0 radical (unpaired) electrons. The first kappa shape index (κ1) is 13.5. The van der Waals surface area contributed by atoms with Gasteiger partial charge in [0.05, 0.1) is 10.2 Å². The van der Waals surface area contributed by atoms with E-state index in [-0.39, 0.29) is 0 Å². The normalized spacial score (nSPS) is 18.4. The number of thioether (sulfide) groups is 1. The van der Waals surface area contributed by atoms with Crippen molar-refractivity contribution in [3.63, 3.8) is 0 Å². The van der Waals surface area contributed by atoms with Crippen LogP contribution in [-0.4, -0.2) is 29.2 Å². The first-order valence-corrected chi connectivity index (χ1v) is 8.53. The lowest BCUT2D eigenvalue weighted by molar-refractivity contribution is 0.401. The summed E-state index contributed by atoms with van der Waals surface area (Å²) in [5.74, 6) is 0. The minimum absolute atomic E-state index is 0.415. The zero-order valence-electron chi connectivity index (χ0n) is 11.8. The highest BCUT2D eigenvalue weighted by atomic mass is 32.2. The molecule has 1 aromatic heterocycles. The number of benzene rings is 1. The molecule has 1 atom stereocenters. The Kier molecular flexibility index (Phi) is 3.72. The van der Waals surface area contributed by atoms with E-state index in [1.54, 1.807) is 23.1 Å². The van der Waals surface area contributed by atoms with Crippen molar-refractivity contribution in [2.24, 2.45) is 0 Å². The molecule has 0 spiro atoms. The van der Waals surface area contributed by atoms with E-state index < -0.39 is 0 Å². The average molecular weight is 303 g/mol. The zero-order chi connectivity index (χ0) is 14.1. The molecule has 2 heterocycles. The van der Waals surface area contributed by atoms with Gasteiger partial charge in [-0.05, 0) is 43.5 Å². The van der Waals surface area contributed by atoms with Crippen molar-refractivity contribution >= 4 is 39.0 Å². The summed E-state index contributed by atoms with van der Waals surface area (Å²) in [6, 6.07) is 6.75.